The van der Waals surface area contributed by atoms with Crippen molar-refractivity contribution in [3.8, 4) is 28.6 Å². The van der Waals surface area contributed by atoms with Gasteiger partial charge in [0, 0.05) is 21.5 Å². The van der Waals surface area contributed by atoms with E-state index in [1.807, 2.05) is 66.7 Å². The van der Waals surface area contributed by atoms with Crippen molar-refractivity contribution in [3.05, 3.63) is 123 Å². The van der Waals surface area contributed by atoms with E-state index < -0.39 is 11.8 Å². The minimum Gasteiger partial charge on any atom is -0.497 e. The van der Waals surface area contributed by atoms with E-state index in [4.69, 9.17) is 21.1 Å². The first-order valence-electron chi connectivity index (χ1n) is 12.8. The SMILES string of the molecule is COc1ccc(C2c3c(C)nn(C(=O)c4[nH]c5ccc(Cl)cc5c4-c4ccccc4)c3Oc3nc[nH]c(=O)c32)cc1. The molecule has 10 heteroatoms. The number of aromatic amines is 2. The second kappa shape index (κ2) is 9.50. The van der Waals surface area contributed by atoms with Crippen LogP contribution in [0.2, 0.25) is 5.02 Å². The van der Waals surface area contributed by atoms with Crippen molar-refractivity contribution >= 4 is 28.4 Å². The summed E-state index contributed by atoms with van der Waals surface area (Å²) in [4.78, 5) is 37.6. The van der Waals surface area contributed by atoms with Gasteiger partial charge in [-0.05, 0) is 48.4 Å². The summed E-state index contributed by atoms with van der Waals surface area (Å²) in [6, 6.07) is 22.5. The zero-order chi connectivity index (χ0) is 28.2. The van der Waals surface area contributed by atoms with Crippen LogP contribution < -0.4 is 15.0 Å². The lowest BCUT2D eigenvalue weighted by atomic mass is 9.85. The minimum absolute atomic E-state index is 0.114. The second-order valence-corrected chi connectivity index (χ2v) is 10.1. The monoisotopic (exact) mass is 563 g/mol. The van der Waals surface area contributed by atoms with Gasteiger partial charge in [-0.2, -0.15) is 9.78 Å². The van der Waals surface area contributed by atoms with Crippen molar-refractivity contribution in [2.45, 2.75) is 12.8 Å². The van der Waals surface area contributed by atoms with Gasteiger partial charge in [0.25, 0.3) is 11.5 Å². The lowest BCUT2D eigenvalue weighted by molar-refractivity contribution is 0.0931. The summed E-state index contributed by atoms with van der Waals surface area (Å²) in [6.45, 7) is 1.79. The first kappa shape index (κ1) is 24.9. The van der Waals surface area contributed by atoms with Crippen LogP contribution in [0.3, 0.4) is 0 Å². The van der Waals surface area contributed by atoms with Crippen LogP contribution in [0.25, 0.3) is 22.0 Å². The summed E-state index contributed by atoms with van der Waals surface area (Å²) in [6.07, 6.45) is 1.28. The van der Waals surface area contributed by atoms with Crippen molar-refractivity contribution in [2.75, 3.05) is 7.11 Å². The number of carbonyl (C=O) groups is 1. The van der Waals surface area contributed by atoms with Crippen LogP contribution in [0.4, 0.5) is 0 Å². The van der Waals surface area contributed by atoms with Gasteiger partial charge in [0.2, 0.25) is 11.8 Å². The lowest BCUT2D eigenvalue weighted by Gasteiger charge is -2.25. The maximum absolute atomic E-state index is 14.3. The van der Waals surface area contributed by atoms with Gasteiger partial charge in [-0.25, -0.2) is 4.98 Å². The Balaban J connectivity index is 1.44. The van der Waals surface area contributed by atoms with Crippen molar-refractivity contribution in [3.63, 3.8) is 0 Å². The van der Waals surface area contributed by atoms with E-state index in [2.05, 4.69) is 20.1 Å². The number of nitrogens with zero attached hydrogens (tertiary/aromatic N) is 3. The number of halogens is 1. The Kier molecular flexibility index (Phi) is 5.76. The summed E-state index contributed by atoms with van der Waals surface area (Å²) < 4.78 is 12.7. The van der Waals surface area contributed by atoms with Crippen molar-refractivity contribution in [2.24, 2.45) is 0 Å². The van der Waals surface area contributed by atoms with Crippen molar-refractivity contribution in [1.82, 2.24) is 24.7 Å². The molecule has 9 nitrogen and oxygen atoms in total. The molecule has 6 aromatic rings. The molecule has 41 heavy (non-hydrogen) atoms. The fourth-order valence-corrected chi connectivity index (χ4v) is 5.69. The standard InChI is InChI=1S/C31H22ClN5O4/c1-16-23-25(18-8-11-20(40-2)12-9-18)26-28(38)33-15-34-29(26)41-31(23)37(36-16)30(39)27-24(17-6-4-3-5-7-17)21-14-19(32)10-13-22(21)35-27/h3-15,25,35H,1-2H3,(H,33,34,38). The van der Waals surface area contributed by atoms with E-state index in [1.54, 1.807) is 20.1 Å². The number of rotatable bonds is 4. The summed E-state index contributed by atoms with van der Waals surface area (Å²) in [5.41, 5.74) is 4.58. The zero-order valence-electron chi connectivity index (χ0n) is 21.9. The average Bonchev–Trinajstić information content (AvgIpc) is 3.53. The molecule has 0 saturated carbocycles. The molecule has 4 heterocycles. The Morgan fingerprint density at radius 2 is 1.83 bits per heavy atom. The average molecular weight is 564 g/mol. The third kappa shape index (κ3) is 3.93. The van der Waals surface area contributed by atoms with Crippen LogP contribution in [0, 0.1) is 6.92 Å². The zero-order valence-corrected chi connectivity index (χ0v) is 22.7. The number of benzene rings is 3. The summed E-state index contributed by atoms with van der Waals surface area (Å²) in [7, 11) is 1.59. The molecule has 3 aromatic carbocycles. The second-order valence-electron chi connectivity index (χ2n) is 9.71. The lowest BCUT2D eigenvalue weighted by Crippen LogP contribution is -2.25. The smallest absolute Gasteiger partial charge is 0.298 e. The molecule has 0 fully saturated rings. The Labute approximate surface area is 238 Å². The number of hydrogen-bond donors (Lipinski definition) is 2. The van der Waals surface area contributed by atoms with Crippen molar-refractivity contribution < 1.29 is 14.3 Å². The summed E-state index contributed by atoms with van der Waals surface area (Å²) in [5.74, 6) is -0.00952. The molecule has 202 valence electrons. The molecule has 1 atom stereocenters. The normalized spacial score (nSPS) is 13.9. The van der Waals surface area contributed by atoms with Gasteiger partial charge in [-0.15, -0.1) is 0 Å². The molecule has 0 radical (unpaired) electrons. The molecule has 1 unspecified atom stereocenters. The topological polar surface area (TPSA) is 115 Å². The molecule has 0 aliphatic carbocycles. The van der Waals surface area contributed by atoms with Gasteiger partial charge in [0.15, 0.2) is 0 Å². The highest BCUT2D eigenvalue weighted by molar-refractivity contribution is 6.31. The Hall–Kier alpha value is -5.15. The maximum atomic E-state index is 14.3. The number of aromatic nitrogens is 5. The van der Waals surface area contributed by atoms with Crippen LogP contribution in [-0.2, 0) is 0 Å². The van der Waals surface area contributed by atoms with Gasteiger partial charge in [-0.1, -0.05) is 54.1 Å². The molecule has 0 spiro atoms. The van der Waals surface area contributed by atoms with Crippen LogP contribution in [-0.4, -0.2) is 37.7 Å². The Morgan fingerprint density at radius 1 is 1.05 bits per heavy atom. The van der Waals surface area contributed by atoms with Gasteiger partial charge in [-0.3, -0.25) is 9.59 Å². The number of aryl methyl sites for hydroxylation is 1. The predicted octanol–water partition coefficient (Wildman–Crippen LogP) is 6.06. The van der Waals surface area contributed by atoms with E-state index >= 15 is 0 Å². The maximum Gasteiger partial charge on any atom is 0.298 e. The van der Waals surface area contributed by atoms with E-state index in [-0.39, 0.29) is 17.3 Å². The number of methoxy groups -OCH3 is 1. The molecule has 3 aromatic heterocycles. The van der Waals surface area contributed by atoms with Crippen LogP contribution in [0.15, 0.2) is 83.9 Å². The largest absolute Gasteiger partial charge is 0.497 e. The number of carbonyl (C=O) groups excluding carboxylic acids is 1. The van der Waals surface area contributed by atoms with Crippen LogP contribution in [0.1, 0.15) is 38.8 Å². The molecule has 0 bridgehead atoms. The third-order valence-electron chi connectivity index (χ3n) is 7.36. The van der Waals surface area contributed by atoms with E-state index in [0.29, 0.717) is 38.9 Å². The predicted molar refractivity (Wildman–Crippen MR) is 154 cm³/mol. The molecular formula is C31H22ClN5O4. The van der Waals surface area contributed by atoms with E-state index in [1.165, 1.54) is 11.0 Å². The molecular weight excluding hydrogens is 542 g/mol. The first-order chi connectivity index (χ1) is 19.9. The van der Waals surface area contributed by atoms with Gasteiger partial charge in [0.05, 0.1) is 36.2 Å². The number of nitrogens with one attached hydrogen (secondary N) is 2. The first-order valence-corrected chi connectivity index (χ1v) is 13.2. The highest BCUT2D eigenvalue weighted by Gasteiger charge is 2.39. The number of hydrogen-bond acceptors (Lipinski definition) is 6. The molecule has 0 amide bonds. The van der Waals surface area contributed by atoms with Gasteiger partial charge in [0.1, 0.15) is 11.4 Å². The Morgan fingerprint density at radius 3 is 2.59 bits per heavy atom. The highest BCUT2D eigenvalue weighted by Crippen LogP contribution is 2.47. The number of fused-ring (bicyclic) bond motifs is 3. The molecule has 1 aliphatic heterocycles. The summed E-state index contributed by atoms with van der Waals surface area (Å²) in [5, 5.41) is 6.00. The van der Waals surface area contributed by atoms with Gasteiger partial charge >= 0.3 is 0 Å². The minimum atomic E-state index is -0.575. The number of H-pyrrole nitrogens is 2. The van der Waals surface area contributed by atoms with E-state index in [9.17, 15) is 9.59 Å². The van der Waals surface area contributed by atoms with E-state index in [0.717, 1.165) is 22.0 Å². The van der Waals surface area contributed by atoms with Crippen molar-refractivity contribution in [1.29, 1.82) is 0 Å². The molecule has 2 N–H and O–H groups in total. The highest BCUT2D eigenvalue weighted by atomic mass is 35.5. The molecule has 0 saturated heterocycles. The number of ether oxygens (including phenoxy) is 2. The van der Waals surface area contributed by atoms with Gasteiger partial charge < -0.3 is 19.4 Å². The molecule has 1 aliphatic rings. The van der Waals surface area contributed by atoms with Crippen LogP contribution >= 0.6 is 11.6 Å². The quantitative estimate of drug-likeness (QED) is 0.269. The summed E-state index contributed by atoms with van der Waals surface area (Å²) >= 11 is 6.36. The fraction of sp³-hybridized carbons (Fsp3) is 0.0968. The fourth-order valence-electron chi connectivity index (χ4n) is 5.52. The Bertz CT molecular complexity index is 2030. The molecule has 7 rings (SSSR count). The van der Waals surface area contributed by atoms with Crippen LogP contribution in [0.5, 0.6) is 17.5 Å². The third-order valence-corrected chi connectivity index (χ3v) is 7.60.